The molecule has 2 aliphatic rings. The minimum atomic E-state index is -1.15. The van der Waals surface area contributed by atoms with Gasteiger partial charge >= 0.3 is 0 Å². The van der Waals surface area contributed by atoms with Gasteiger partial charge in [0.05, 0.1) is 5.69 Å². The van der Waals surface area contributed by atoms with Gasteiger partial charge in [0.25, 0.3) is 5.91 Å². The fourth-order valence-corrected chi connectivity index (χ4v) is 5.10. The second kappa shape index (κ2) is 8.08. The molecule has 174 valence electrons. The van der Waals surface area contributed by atoms with Crippen LogP contribution in [0.4, 0.5) is 5.69 Å². The first-order valence-electron chi connectivity index (χ1n) is 11.8. The lowest BCUT2D eigenvalue weighted by Gasteiger charge is -2.55. The quantitative estimate of drug-likeness (QED) is 0.370. The monoisotopic (exact) mass is 462 g/mol. The molecule has 6 rings (SSSR count). The number of amides is 1. The van der Waals surface area contributed by atoms with Gasteiger partial charge in [-0.25, -0.2) is 5.06 Å². The van der Waals surface area contributed by atoms with Gasteiger partial charge in [-0.05, 0) is 42.7 Å². The fraction of sp³-hybridized carbons (Fsp3) is 0.167. The van der Waals surface area contributed by atoms with Gasteiger partial charge in [0.2, 0.25) is 5.66 Å². The number of carbonyl (C=O) groups excluding carboxylic acids is 1. The number of hydroxylamine groups is 3. The highest BCUT2D eigenvalue weighted by molar-refractivity contribution is 5.91. The first-order chi connectivity index (χ1) is 17.0. The maximum absolute atomic E-state index is 14.1. The second-order valence-electron chi connectivity index (χ2n) is 9.35. The van der Waals surface area contributed by atoms with E-state index in [0.29, 0.717) is 0 Å². The lowest BCUT2D eigenvalue weighted by atomic mass is 9.92. The molecule has 1 heterocycles. The number of rotatable bonds is 4. The summed E-state index contributed by atoms with van der Waals surface area (Å²) in [5.74, 6) is -0.243. The Morgan fingerprint density at radius 3 is 1.83 bits per heavy atom. The van der Waals surface area contributed by atoms with Crippen molar-refractivity contribution in [3.8, 4) is 11.1 Å². The molecule has 0 atom stereocenters. The average molecular weight is 463 g/mol. The van der Waals surface area contributed by atoms with E-state index < -0.39 is 11.3 Å². The predicted molar refractivity (Wildman–Crippen MR) is 135 cm³/mol. The first-order valence-corrected chi connectivity index (χ1v) is 11.8. The molecule has 0 N–H and O–H groups in total. The van der Waals surface area contributed by atoms with E-state index in [1.165, 1.54) is 0 Å². The molecule has 35 heavy (non-hydrogen) atoms. The van der Waals surface area contributed by atoms with Crippen LogP contribution < -0.4 is 5.06 Å². The molecule has 1 spiro atoms. The van der Waals surface area contributed by atoms with Gasteiger partial charge in [0, 0.05) is 11.1 Å². The molecule has 1 fully saturated rings. The number of hydrogen-bond donors (Lipinski definition) is 0. The van der Waals surface area contributed by atoms with Crippen LogP contribution in [0.5, 0.6) is 0 Å². The molecular formula is C30H26N2O3. The van der Waals surface area contributed by atoms with Crippen LogP contribution in [0.15, 0.2) is 109 Å². The van der Waals surface area contributed by atoms with Crippen molar-refractivity contribution in [2.75, 3.05) is 5.06 Å². The second-order valence-corrected chi connectivity index (χ2v) is 9.35. The summed E-state index contributed by atoms with van der Waals surface area (Å²) in [5.41, 5.74) is 3.48. The highest BCUT2D eigenvalue weighted by Gasteiger charge is 2.62. The molecule has 4 aromatic rings. The first kappa shape index (κ1) is 21.6. The Balaban J connectivity index is 1.62. The zero-order chi connectivity index (χ0) is 24.0. The minimum Gasteiger partial charge on any atom is -0.269 e. The normalized spacial score (nSPS) is 17.4. The largest absolute Gasteiger partial charge is 0.283 e. The van der Waals surface area contributed by atoms with Gasteiger partial charge in [-0.15, -0.1) is 0 Å². The Labute approximate surface area is 205 Å². The van der Waals surface area contributed by atoms with Gasteiger partial charge in [0.1, 0.15) is 6.61 Å². The van der Waals surface area contributed by atoms with Crippen LogP contribution in [0.25, 0.3) is 11.1 Å². The number of nitrogens with zero attached hydrogens (tertiary/aromatic N) is 2. The Kier molecular flexibility index (Phi) is 4.99. The van der Waals surface area contributed by atoms with Gasteiger partial charge in [-0.2, -0.15) is 5.06 Å². The molecule has 5 nitrogen and oxygen atoms in total. The molecule has 0 bridgehead atoms. The van der Waals surface area contributed by atoms with Crippen molar-refractivity contribution in [2.24, 2.45) is 0 Å². The number of carbonyl (C=O) groups is 1. The van der Waals surface area contributed by atoms with Crippen LogP contribution in [0.1, 0.15) is 30.5 Å². The van der Waals surface area contributed by atoms with E-state index in [9.17, 15) is 4.79 Å². The van der Waals surface area contributed by atoms with Gasteiger partial charge < -0.3 is 0 Å². The molecule has 1 aliphatic carbocycles. The summed E-state index contributed by atoms with van der Waals surface area (Å²) >= 11 is 0. The van der Waals surface area contributed by atoms with E-state index in [4.69, 9.17) is 9.68 Å². The third-order valence-corrected chi connectivity index (χ3v) is 6.70. The predicted octanol–water partition coefficient (Wildman–Crippen LogP) is 6.06. The Morgan fingerprint density at radius 1 is 0.714 bits per heavy atom. The standard InChI is InChI=1S/C30H26N2O3/c1-29(2)28(33)32(34-21-22-13-5-3-6-14-22)30(31(35-29)23-15-7-4-8-16-23)26-19-11-9-17-24(26)25-18-10-12-20-27(25)30/h3-20H,21H2,1-2H3. The van der Waals surface area contributed by atoms with Crippen molar-refractivity contribution < 1.29 is 14.5 Å². The number of para-hydroxylation sites is 1. The number of fused-ring (bicyclic) bond motifs is 5. The van der Waals surface area contributed by atoms with E-state index in [1.807, 2.05) is 90.0 Å². The number of benzene rings is 4. The van der Waals surface area contributed by atoms with Crippen molar-refractivity contribution >= 4 is 11.6 Å². The van der Waals surface area contributed by atoms with Crippen molar-refractivity contribution in [2.45, 2.75) is 31.7 Å². The van der Waals surface area contributed by atoms with Crippen molar-refractivity contribution in [1.29, 1.82) is 0 Å². The molecule has 1 aliphatic heterocycles. The molecule has 1 amide bonds. The lowest BCUT2D eigenvalue weighted by molar-refractivity contribution is -0.279. The maximum atomic E-state index is 14.1. The summed E-state index contributed by atoms with van der Waals surface area (Å²) in [7, 11) is 0. The molecule has 5 heteroatoms. The Hall–Kier alpha value is -3.93. The SMILES string of the molecule is CC1(C)ON(c2ccccc2)C2(c3ccccc3-c3ccccc32)N(OCc2ccccc2)C1=O. The lowest BCUT2D eigenvalue weighted by Crippen LogP contribution is -2.70. The summed E-state index contributed by atoms with van der Waals surface area (Å²) in [4.78, 5) is 27.1. The number of hydrogen-bond acceptors (Lipinski definition) is 4. The summed E-state index contributed by atoms with van der Waals surface area (Å²) in [6.45, 7) is 3.81. The van der Waals surface area contributed by atoms with E-state index in [1.54, 1.807) is 18.9 Å². The van der Waals surface area contributed by atoms with Crippen molar-refractivity contribution in [3.63, 3.8) is 0 Å². The van der Waals surface area contributed by atoms with Crippen LogP contribution >= 0.6 is 0 Å². The zero-order valence-corrected chi connectivity index (χ0v) is 19.7. The minimum absolute atomic E-state index is 0.243. The van der Waals surface area contributed by atoms with Gasteiger partial charge in [-0.3, -0.25) is 14.5 Å². The van der Waals surface area contributed by atoms with Crippen molar-refractivity contribution in [1.82, 2.24) is 5.06 Å². The third-order valence-electron chi connectivity index (χ3n) is 6.70. The molecule has 0 radical (unpaired) electrons. The van der Waals surface area contributed by atoms with Crippen LogP contribution in [0, 0.1) is 0 Å². The molecule has 0 saturated carbocycles. The molecule has 0 unspecified atom stereocenters. The summed E-state index contributed by atoms with van der Waals surface area (Å²) < 4.78 is 0. The van der Waals surface area contributed by atoms with Crippen molar-refractivity contribution in [3.05, 3.63) is 126 Å². The highest BCUT2D eigenvalue weighted by Crippen LogP contribution is 2.56. The Morgan fingerprint density at radius 2 is 1.23 bits per heavy atom. The van der Waals surface area contributed by atoms with E-state index in [2.05, 4.69) is 24.3 Å². The topological polar surface area (TPSA) is 42.0 Å². The smallest absolute Gasteiger partial charge is 0.269 e. The van der Waals surface area contributed by atoms with Crippen LogP contribution in [-0.4, -0.2) is 16.6 Å². The van der Waals surface area contributed by atoms with E-state index in [-0.39, 0.29) is 12.5 Å². The van der Waals surface area contributed by atoms with Crippen LogP contribution in [-0.2, 0) is 26.7 Å². The van der Waals surface area contributed by atoms with E-state index >= 15 is 0 Å². The van der Waals surface area contributed by atoms with Gasteiger partial charge in [-0.1, -0.05) is 97.1 Å². The Bertz CT molecular complexity index is 1340. The highest BCUT2D eigenvalue weighted by atomic mass is 16.8. The summed E-state index contributed by atoms with van der Waals surface area (Å²) in [6.07, 6.45) is 0. The van der Waals surface area contributed by atoms with Crippen LogP contribution in [0.2, 0.25) is 0 Å². The number of anilines is 1. The van der Waals surface area contributed by atoms with E-state index in [0.717, 1.165) is 33.5 Å². The average Bonchev–Trinajstić information content (AvgIpc) is 3.19. The zero-order valence-electron chi connectivity index (χ0n) is 19.7. The van der Waals surface area contributed by atoms with Crippen LogP contribution in [0.3, 0.4) is 0 Å². The molecule has 1 saturated heterocycles. The third kappa shape index (κ3) is 3.20. The maximum Gasteiger partial charge on any atom is 0.283 e. The molecule has 0 aromatic heterocycles. The fourth-order valence-electron chi connectivity index (χ4n) is 5.10. The van der Waals surface area contributed by atoms with Gasteiger partial charge in [0.15, 0.2) is 5.60 Å². The summed E-state index contributed by atoms with van der Waals surface area (Å²) in [6, 6.07) is 36.1. The molecular weight excluding hydrogens is 436 g/mol. The molecule has 4 aromatic carbocycles. The summed E-state index contributed by atoms with van der Waals surface area (Å²) in [5, 5.41) is 3.39.